The predicted octanol–water partition coefficient (Wildman–Crippen LogP) is 3.25. The second-order valence-electron chi connectivity index (χ2n) is 6.49. The maximum absolute atomic E-state index is 12.5. The minimum absolute atomic E-state index is 0.138. The molecule has 1 fully saturated rings. The number of aliphatic hydroxyl groups is 1. The lowest BCUT2D eigenvalue weighted by atomic mass is 10.0. The van der Waals surface area contributed by atoms with Gasteiger partial charge in [0.2, 0.25) is 0 Å². The Bertz CT molecular complexity index is 717. The highest BCUT2D eigenvalue weighted by Crippen LogP contribution is 2.31. The summed E-state index contributed by atoms with van der Waals surface area (Å²) in [6, 6.07) is 4.22. The molecule has 2 atom stereocenters. The van der Waals surface area contributed by atoms with Gasteiger partial charge in [-0.1, -0.05) is 12.1 Å². The number of aliphatic hydroxyl groups excluding tert-OH is 1. The Morgan fingerprint density at radius 3 is 2.64 bits per heavy atom. The molecule has 1 aromatic heterocycles. The van der Waals surface area contributed by atoms with Gasteiger partial charge in [-0.25, -0.2) is 0 Å². The topological polar surface area (TPSA) is 62.5 Å². The van der Waals surface area contributed by atoms with E-state index < -0.39 is 0 Å². The van der Waals surface area contributed by atoms with E-state index in [2.05, 4.69) is 11.4 Å². The second kappa shape index (κ2) is 5.76. The molecule has 4 nitrogen and oxygen atoms in total. The minimum Gasteiger partial charge on any atom is -0.450 e. The molecule has 0 saturated heterocycles. The molecule has 3 rings (SSSR count). The third kappa shape index (κ3) is 2.52. The van der Waals surface area contributed by atoms with Gasteiger partial charge in [0.25, 0.3) is 5.91 Å². The molecular formula is C18H23NO3. The number of hydrogen-bond donors (Lipinski definition) is 2. The first kappa shape index (κ1) is 15.1. The molecule has 1 aliphatic carbocycles. The molecule has 1 heterocycles. The van der Waals surface area contributed by atoms with Gasteiger partial charge in [-0.3, -0.25) is 4.79 Å². The third-order valence-electron chi connectivity index (χ3n) is 4.82. The Balaban J connectivity index is 1.87. The molecule has 1 aromatic carbocycles. The molecule has 1 aliphatic rings. The first-order chi connectivity index (χ1) is 10.5. The van der Waals surface area contributed by atoms with Crippen molar-refractivity contribution in [1.29, 1.82) is 0 Å². The molecule has 0 bridgehead atoms. The number of nitrogens with one attached hydrogen (secondary N) is 1. The van der Waals surface area contributed by atoms with E-state index >= 15 is 0 Å². The van der Waals surface area contributed by atoms with Crippen LogP contribution in [-0.4, -0.2) is 23.7 Å². The summed E-state index contributed by atoms with van der Waals surface area (Å²) in [5.74, 6) is 0.586. The maximum Gasteiger partial charge on any atom is 0.287 e. The van der Waals surface area contributed by atoms with Gasteiger partial charge in [-0.2, -0.15) is 0 Å². The summed E-state index contributed by atoms with van der Waals surface area (Å²) in [5.41, 5.74) is 3.89. The van der Waals surface area contributed by atoms with Gasteiger partial charge in [0, 0.05) is 23.6 Å². The normalized spacial score (nSPS) is 21.5. The van der Waals surface area contributed by atoms with Gasteiger partial charge in [0.05, 0.1) is 0 Å². The van der Waals surface area contributed by atoms with Crippen molar-refractivity contribution in [2.75, 3.05) is 6.61 Å². The van der Waals surface area contributed by atoms with Crippen molar-refractivity contribution in [3.8, 4) is 0 Å². The van der Waals surface area contributed by atoms with Crippen molar-refractivity contribution in [2.45, 2.75) is 46.1 Å². The fraction of sp³-hybridized carbons (Fsp3) is 0.500. The molecular weight excluding hydrogens is 278 g/mol. The van der Waals surface area contributed by atoms with Crippen molar-refractivity contribution >= 4 is 16.9 Å². The average Bonchev–Trinajstić information content (AvgIpc) is 3.08. The standard InChI is InChI=1S/C18H23NO3/c1-10-4-5-11(2)16-15(10)12(3)17(22-16)18(21)19-14-7-6-13(8-14)9-20/h4-5,13-14,20H,6-9H2,1-3H3,(H,19,21)/t13-,14+/m1/s1. The number of furan rings is 1. The van der Waals surface area contributed by atoms with Crippen LogP contribution >= 0.6 is 0 Å². The van der Waals surface area contributed by atoms with Crippen molar-refractivity contribution < 1.29 is 14.3 Å². The minimum atomic E-state index is -0.143. The van der Waals surface area contributed by atoms with Gasteiger partial charge in [0.1, 0.15) is 5.58 Å². The summed E-state index contributed by atoms with van der Waals surface area (Å²) in [4.78, 5) is 12.5. The van der Waals surface area contributed by atoms with Gasteiger partial charge in [-0.15, -0.1) is 0 Å². The highest BCUT2D eigenvalue weighted by molar-refractivity contribution is 6.00. The number of aryl methyl sites for hydroxylation is 3. The van der Waals surface area contributed by atoms with Crippen LogP contribution in [0.2, 0.25) is 0 Å². The van der Waals surface area contributed by atoms with Gasteiger partial charge >= 0.3 is 0 Å². The molecule has 0 radical (unpaired) electrons. The molecule has 2 N–H and O–H groups in total. The van der Waals surface area contributed by atoms with Crippen molar-refractivity contribution in [3.63, 3.8) is 0 Å². The number of benzene rings is 1. The van der Waals surface area contributed by atoms with E-state index in [9.17, 15) is 9.90 Å². The second-order valence-corrected chi connectivity index (χ2v) is 6.49. The molecule has 4 heteroatoms. The van der Waals surface area contributed by atoms with Crippen molar-refractivity contribution in [2.24, 2.45) is 5.92 Å². The van der Waals surface area contributed by atoms with Crippen LogP contribution in [0.5, 0.6) is 0 Å². The largest absolute Gasteiger partial charge is 0.450 e. The van der Waals surface area contributed by atoms with Crippen LogP contribution in [0.4, 0.5) is 0 Å². The number of amides is 1. The Morgan fingerprint density at radius 1 is 1.27 bits per heavy atom. The summed E-state index contributed by atoms with van der Waals surface area (Å²) < 4.78 is 5.87. The van der Waals surface area contributed by atoms with Crippen molar-refractivity contribution in [1.82, 2.24) is 5.32 Å². The summed E-state index contributed by atoms with van der Waals surface area (Å²) in [7, 11) is 0. The number of carbonyl (C=O) groups excluding carboxylic acids is 1. The molecule has 0 spiro atoms. The van der Waals surface area contributed by atoms with Gasteiger partial charge in [-0.05, 0) is 57.1 Å². The highest BCUT2D eigenvalue weighted by atomic mass is 16.3. The Labute approximate surface area is 130 Å². The molecule has 1 amide bonds. The summed E-state index contributed by atoms with van der Waals surface area (Å²) in [6.07, 6.45) is 2.74. The number of hydrogen-bond acceptors (Lipinski definition) is 3. The maximum atomic E-state index is 12.5. The summed E-state index contributed by atoms with van der Waals surface area (Å²) >= 11 is 0. The van der Waals surface area contributed by atoms with Crippen LogP contribution in [-0.2, 0) is 0 Å². The average molecular weight is 301 g/mol. The number of carbonyl (C=O) groups is 1. The zero-order chi connectivity index (χ0) is 15.9. The van der Waals surface area contributed by atoms with Gasteiger partial charge in [0.15, 0.2) is 5.76 Å². The lowest BCUT2D eigenvalue weighted by Crippen LogP contribution is -2.33. The fourth-order valence-electron chi connectivity index (χ4n) is 3.51. The summed E-state index contributed by atoms with van der Waals surface area (Å²) in [5, 5.41) is 13.3. The third-order valence-corrected chi connectivity index (χ3v) is 4.82. The van der Waals surface area contributed by atoms with Crippen LogP contribution in [0.15, 0.2) is 16.5 Å². The van der Waals surface area contributed by atoms with Crippen LogP contribution in [0.3, 0.4) is 0 Å². The summed E-state index contributed by atoms with van der Waals surface area (Å²) in [6.45, 7) is 6.18. The Morgan fingerprint density at radius 2 is 2.00 bits per heavy atom. The van der Waals surface area contributed by atoms with Crippen LogP contribution < -0.4 is 5.32 Å². The van der Waals surface area contributed by atoms with E-state index in [0.29, 0.717) is 11.7 Å². The van der Waals surface area contributed by atoms with E-state index in [1.54, 1.807) is 0 Å². The molecule has 0 unspecified atom stereocenters. The SMILES string of the molecule is Cc1ccc(C)c2c(C)c(C(=O)N[C@H]3CC[C@@H](CO)C3)oc12. The molecule has 0 aliphatic heterocycles. The van der Waals surface area contributed by atoms with E-state index in [1.807, 2.05) is 26.8 Å². The fourth-order valence-corrected chi connectivity index (χ4v) is 3.51. The first-order valence-corrected chi connectivity index (χ1v) is 7.92. The lowest BCUT2D eigenvalue weighted by molar-refractivity contribution is 0.0909. The van der Waals surface area contributed by atoms with E-state index in [4.69, 9.17) is 4.42 Å². The number of rotatable bonds is 3. The van der Waals surface area contributed by atoms with Crippen LogP contribution in [0.25, 0.3) is 11.0 Å². The molecule has 1 saturated carbocycles. The quantitative estimate of drug-likeness (QED) is 0.914. The lowest BCUT2D eigenvalue weighted by Gasteiger charge is -2.11. The van der Waals surface area contributed by atoms with E-state index in [1.165, 1.54) is 0 Å². The zero-order valence-corrected chi connectivity index (χ0v) is 13.4. The smallest absolute Gasteiger partial charge is 0.287 e. The van der Waals surface area contributed by atoms with Crippen LogP contribution in [0.1, 0.15) is 46.5 Å². The zero-order valence-electron chi connectivity index (χ0n) is 13.4. The van der Waals surface area contributed by atoms with E-state index in [0.717, 1.165) is 46.9 Å². The predicted molar refractivity (Wildman–Crippen MR) is 86.1 cm³/mol. The Kier molecular flexibility index (Phi) is 3.96. The van der Waals surface area contributed by atoms with Crippen LogP contribution in [0, 0.1) is 26.7 Å². The number of fused-ring (bicyclic) bond motifs is 1. The van der Waals surface area contributed by atoms with Gasteiger partial charge < -0.3 is 14.8 Å². The molecule has 22 heavy (non-hydrogen) atoms. The molecule has 2 aromatic rings. The molecule has 118 valence electrons. The van der Waals surface area contributed by atoms with Crippen molar-refractivity contribution in [3.05, 3.63) is 34.6 Å². The first-order valence-electron chi connectivity index (χ1n) is 7.92. The Hall–Kier alpha value is -1.81. The van der Waals surface area contributed by atoms with E-state index in [-0.39, 0.29) is 18.6 Å². The monoisotopic (exact) mass is 301 g/mol. The highest BCUT2D eigenvalue weighted by Gasteiger charge is 2.27.